The normalized spacial score (nSPS) is 15.5. The van der Waals surface area contributed by atoms with Crippen LogP contribution in [0.5, 0.6) is 0 Å². The fourth-order valence-corrected chi connectivity index (χ4v) is 2.88. The molecule has 7 heteroatoms. The van der Waals surface area contributed by atoms with E-state index in [0.29, 0.717) is 12.5 Å². The molecule has 1 aromatic rings. The third-order valence-electron chi connectivity index (χ3n) is 4.20. The summed E-state index contributed by atoms with van der Waals surface area (Å²) in [5.41, 5.74) is 7.50. The van der Waals surface area contributed by atoms with Crippen LogP contribution in [0.4, 0.5) is 10.5 Å². The van der Waals surface area contributed by atoms with Crippen LogP contribution in [0.3, 0.4) is 0 Å². The molecule has 0 bridgehead atoms. The van der Waals surface area contributed by atoms with Crippen molar-refractivity contribution in [3.05, 3.63) is 29.8 Å². The van der Waals surface area contributed by atoms with E-state index >= 15 is 0 Å². The van der Waals surface area contributed by atoms with E-state index in [4.69, 9.17) is 10.5 Å². The largest absolute Gasteiger partial charge is 0.444 e. The highest BCUT2D eigenvalue weighted by Gasteiger charge is 2.16. The van der Waals surface area contributed by atoms with Crippen LogP contribution in [0.25, 0.3) is 0 Å². The number of hydrogen-bond donors (Lipinski definition) is 2. The molecule has 1 aliphatic heterocycles. The average molecular weight is 488 g/mol. The number of guanidine groups is 1. The van der Waals surface area contributed by atoms with Crippen LogP contribution >= 0.6 is 24.0 Å². The first kappa shape index (κ1) is 23.5. The Morgan fingerprint density at radius 3 is 2.30 bits per heavy atom. The molecule has 2 rings (SSSR count). The van der Waals surface area contributed by atoms with Crippen molar-refractivity contribution in [2.45, 2.75) is 58.5 Å². The number of rotatable bonds is 4. The Morgan fingerprint density at radius 1 is 1.15 bits per heavy atom. The molecule has 0 aliphatic carbocycles. The Kier molecular flexibility index (Phi) is 9.90. The number of ether oxygens (including phenoxy) is 1. The van der Waals surface area contributed by atoms with Gasteiger partial charge in [-0.2, -0.15) is 0 Å². The lowest BCUT2D eigenvalue weighted by molar-refractivity contribution is 0.0636. The van der Waals surface area contributed by atoms with Crippen LogP contribution in [-0.4, -0.2) is 42.2 Å². The smallest absolute Gasteiger partial charge is 0.412 e. The lowest BCUT2D eigenvalue weighted by atomic mass is 10.1. The van der Waals surface area contributed by atoms with Gasteiger partial charge in [-0.15, -0.1) is 24.0 Å². The Morgan fingerprint density at radius 2 is 1.74 bits per heavy atom. The van der Waals surface area contributed by atoms with Crippen molar-refractivity contribution in [2.24, 2.45) is 10.7 Å². The van der Waals surface area contributed by atoms with Crippen molar-refractivity contribution in [3.8, 4) is 0 Å². The second kappa shape index (κ2) is 11.4. The summed E-state index contributed by atoms with van der Waals surface area (Å²) in [4.78, 5) is 18.5. The summed E-state index contributed by atoms with van der Waals surface area (Å²) in [6.07, 6.45) is 5.34. The maximum atomic E-state index is 11.8. The zero-order valence-electron chi connectivity index (χ0n) is 16.7. The quantitative estimate of drug-likeness (QED) is 0.375. The summed E-state index contributed by atoms with van der Waals surface area (Å²) in [5.74, 6) is 0.662. The standard InChI is InChI=1S/C20H32N4O2.HI/c1-20(2,3)26-19(25)23-17-10-8-16(9-11-17)12-13-22-18(21)24-14-6-4-5-7-15-24;/h8-11H,4-7,12-15H2,1-3H3,(H2,21,22)(H,23,25);1H. The molecule has 0 unspecified atom stereocenters. The summed E-state index contributed by atoms with van der Waals surface area (Å²) >= 11 is 0. The zero-order valence-corrected chi connectivity index (χ0v) is 19.0. The van der Waals surface area contributed by atoms with Crippen LogP contribution in [0.2, 0.25) is 0 Å². The summed E-state index contributed by atoms with van der Waals surface area (Å²) in [7, 11) is 0. The van der Waals surface area contributed by atoms with Crippen molar-refractivity contribution in [1.82, 2.24) is 4.90 Å². The fraction of sp³-hybridized carbons (Fsp3) is 0.600. The van der Waals surface area contributed by atoms with E-state index in [9.17, 15) is 4.79 Å². The summed E-state index contributed by atoms with van der Waals surface area (Å²) < 4.78 is 5.24. The number of carbonyl (C=O) groups excluding carboxylic acids is 1. The lowest BCUT2D eigenvalue weighted by Gasteiger charge is -2.21. The molecule has 0 radical (unpaired) electrons. The van der Waals surface area contributed by atoms with E-state index in [-0.39, 0.29) is 24.0 Å². The number of hydrogen-bond acceptors (Lipinski definition) is 3. The molecule has 1 amide bonds. The fourth-order valence-electron chi connectivity index (χ4n) is 2.88. The minimum Gasteiger partial charge on any atom is -0.444 e. The van der Waals surface area contributed by atoms with E-state index in [1.54, 1.807) is 0 Å². The molecule has 1 saturated heterocycles. The van der Waals surface area contributed by atoms with Gasteiger partial charge in [-0.25, -0.2) is 4.79 Å². The monoisotopic (exact) mass is 488 g/mol. The van der Waals surface area contributed by atoms with Gasteiger partial charge in [0.25, 0.3) is 0 Å². The molecule has 1 heterocycles. The van der Waals surface area contributed by atoms with Crippen LogP contribution in [0, 0.1) is 0 Å². The number of aliphatic imine (C=N–C) groups is 1. The van der Waals surface area contributed by atoms with Crippen molar-refractivity contribution in [1.29, 1.82) is 0 Å². The van der Waals surface area contributed by atoms with Gasteiger partial charge >= 0.3 is 6.09 Å². The van der Waals surface area contributed by atoms with E-state index < -0.39 is 11.7 Å². The molecular weight excluding hydrogens is 455 g/mol. The molecule has 1 aromatic carbocycles. The van der Waals surface area contributed by atoms with Crippen molar-refractivity contribution < 1.29 is 9.53 Å². The number of amides is 1. The highest BCUT2D eigenvalue weighted by atomic mass is 127. The topological polar surface area (TPSA) is 79.9 Å². The van der Waals surface area contributed by atoms with E-state index in [1.807, 2.05) is 45.0 Å². The summed E-state index contributed by atoms with van der Waals surface area (Å²) in [5, 5.41) is 2.73. The second-order valence-electron chi connectivity index (χ2n) is 7.71. The number of anilines is 1. The molecule has 152 valence electrons. The maximum Gasteiger partial charge on any atom is 0.412 e. The average Bonchev–Trinajstić information content (AvgIpc) is 2.84. The van der Waals surface area contributed by atoms with Crippen molar-refractivity contribution in [3.63, 3.8) is 0 Å². The first-order chi connectivity index (χ1) is 12.3. The number of nitrogens with two attached hydrogens (primary N) is 1. The number of nitrogens with zero attached hydrogens (tertiary/aromatic N) is 2. The van der Waals surface area contributed by atoms with Crippen molar-refractivity contribution in [2.75, 3.05) is 25.0 Å². The van der Waals surface area contributed by atoms with Gasteiger partial charge in [0.05, 0.1) is 0 Å². The van der Waals surface area contributed by atoms with Gasteiger partial charge in [-0.3, -0.25) is 10.3 Å². The van der Waals surface area contributed by atoms with E-state index in [0.717, 1.165) is 30.8 Å². The predicted octanol–water partition coefficient (Wildman–Crippen LogP) is 4.38. The van der Waals surface area contributed by atoms with Gasteiger partial charge in [0, 0.05) is 25.3 Å². The van der Waals surface area contributed by atoms with Crippen LogP contribution in [0.1, 0.15) is 52.0 Å². The minimum absolute atomic E-state index is 0. The molecule has 1 aliphatic rings. The van der Waals surface area contributed by atoms with Gasteiger partial charge in [-0.05, 0) is 57.7 Å². The number of halogens is 1. The molecule has 3 N–H and O–H groups in total. The lowest BCUT2D eigenvalue weighted by Crippen LogP contribution is -2.38. The predicted molar refractivity (Wildman–Crippen MR) is 122 cm³/mol. The summed E-state index contributed by atoms with van der Waals surface area (Å²) in [6, 6.07) is 7.73. The first-order valence-corrected chi connectivity index (χ1v) is 9.47. The van der Waals surface area contributed by atoms with Gasteiger partial charge in [0.15, 0.2) is 5.96 Å². The van der Waals surface area contributed by atoms with Crippen LogP contribution in [-0.2, 0) is 11.2 Å². The Bertz CT molecular complexity index is 603. The first-order valence-electron chi connectivity index (χ1n) is 9.47. The molecule has 6 nitrogen and oxygen atoms in total. The molecular formula is C20H33IN4O2. The van der Waals surface area contributed by atoms with Gasteiger partial charge in [0.1, 0.15) is 5.60 Å². The van der Waals surface area contributed by atoms with Crippen LogP contribution < -0.4 is 11.1 Å². The zero-order chi connectivity index (χ0) is 19.0. The van der Waals surface area contributed by atoms with Crippen LogP contribution in [0.15, 0.2) is 29.3 Å². The van der Waals surface area contributed by atoms with Gasteiger partial charge < -0.3 is 15.4 Å². The SMILES string of the molecule is CC(C)(C)OC(=O)Nc1ccc(CCN=C(N)N2CCCCCC2)cc1.I. The molecule has 0 spiro atoms. The third-order valence-corrected chi connectivity index (χ3v) is 4.20. The Balaban J connectivity index is 0.00000364. The molecule has 0 atom stereocenters. The highest BCUT2D eigenvalue weighted by molar-refractivity contribution is 14.0. The van der Waals surface area contributed by atoms with E-state index in [2.05, 4.69) is 15.2 Å². The Labute approximate surface area is 179 Å². The third kappa shape index (κ3) is 9.30. The molecule has 27 heavy (non-hydrogen) atoms. The number of likely N-dealkylation sites (tertiary alicyclic amines) is 1. The second-order valence-corrected chi connectivity index (χ2v) is 7.71. The van der Waals surface area contributed by atoms with Gasteiger partial charge in [0.2, 0.25) is 0 Å². The minimum atomic E-state index is -0.505. The van der Waals surface area contributed by atoms with Crippen molar-refractivity contribution >= 4 is 41.7 Å². The molecule has 0 saturated carbocycles. The number of nitrogens with one attached hydrogen (secondary N) is 1. The number of carbonyl (C=O) groups is 1. The number of benzene rings is 1. The van der Waals surface area contributed by atoms with E-state index in [1.165, 1.54) is 25.7 Å². The Hall–Kier alpha value is -1.51. The van der Waals surface area contributed by atoms with Gasteiger partial charge in [-0.1, -0.05) is 25.0 Å². The molecule has 0 aromatic heterocycles. The summed E-state index contributed by atoms with van der Waals surface area (Å²) in [6.45, 7) is 8.22. The maximum absolute atomic E-state index is 11.8. The highest BCUT2D eigenvalue weighted by Crippen LogP contribution is 2.13. The molecule has 1 fully saturated rings.